The number of nitrogens with one attached hydrogen (secondary N) is 1. The molecule has 0 radical (unpaired) electrons. The summed E-state index contributed by atoms with van der Waals surface area (Å²) in [5, 5.41) is 8.14. The third kappa shape index (κ3) is 2.24. The first-order valence-corrected chi connectivity index (χ1v) is 6.81. The van der Waals surface area contributed by atoms with Crippen LogP contribution in [0.25, 0.3) is 0 Å². The molecule has 0 atom stereocenters. The van der Waals surface area contributed by atoms with Crippen LogP contribution in [0.1, 0.15) is 29.8 Å². The Kier molecular flexibility index (Phi) is 3.16. The van der Waals surface area contributed by atoms with E-state index >= 15 is 0 Å². The molecule has 1 aliphatic heterocycles. The molecule has 0 bridgehead atoms. The Morgan fingerprint density at radius 3 is 2.76 bits per heavy atom. The molecule has 1 aliphatic carbocycles. The van der Waals surface area contributed by atoms with Crippen LogP contribution in [0.15, 0.2) is 0 Å². The summed E-state index contributed by atoms with van der Waals surface area (Å²) < 4.78 is 2.12. The zero-order chi connectivity index (χ0) is 11.7. The third-order valence-electron chi connectivity index (χ3n) is 4.03. The molecule has 0 aromatic carbocycles. The van der Waals surface area contributed by atoms with Crippen LogP contribution in [0.4, 0.5) is 0 Å². The first-order valence-electron chi connectivity index (χ1n) is 6.81. The summed E-state index contributed by atoms with van der Waals surface area (Å²) in [7, 11) is 2.10. The predicted octanol–water partition coefficient (Wildman–Crippen LogP) is 0.704. The normalized spacial score (nSPS) is 21.5. The van der Waals surface area contributed by atoms with E-state index in [1.165, 1.54) is 37.1 Å². The van der Waals surface area contributed by atoms with Gasteiger partial charge in [0.15, 0.2) is 0 Å². The van der Waals surface area contributed by atoms with E-state index in [1.54, 1.807) is 5.56 Å². The van der Waals surface area contributed by atoms with Crippen LogP contribution in [0.5, 0.6) is 0 Å². The van der Waals surface area contributed by atoms with Gasteiger partial charge in [-0.25, -0.2) is 0 Å². The fraction of sp³-hybridized carbons (Fsp3) is 0.769. The van der Waals surface area contributed by atoms with Gasteiger partial charge in [-0.15, -0.1) is 0 Å². The van der Waals surface area contributed by atoms with E-state index in [9.17, 15) is 0 Å². The van der Waals surface area contributed by atoms with Gasteiger partial charge in [-0.05, 0) is 31.2 Å². The molecule has 3 rings (SSSR count). The molecular weight excluding hydrogens is 212 g/mol. The van der Waals surface area contributed by atoms with Crippen molar-refractivity contribution in [3.63, 3.8) is 0 Å². The van der Waals surface area contributed by atoms with Gasteiger partial charge in [-0.2, -0.15) is 5.10 Å². The van der Waals surface area contributed by atoms with Gasteiger partial charge in [0.25, 0.3) is 0 Å². The van der Waals surface area contributed by atoms with Crippen LogP contribution in [0.2, 0.25) is 0 Å². The molecule has 0 spiro atoms. The molecule has 1 fully saturated rings. The Balaban J connectivity index is 1.78. The Bertz CT molecular complexity index is 390. The van der Waals surface area contributed by atoms with Crippen LogP contribution in [0, 0.1) is 0 Å². The second kappa shape index (κ2) is 4.78. The monoisotopic (exact) mass is 234 g/mol. The number of hydrogen-bond acceptors (Lipinski definition) is 3. The summed E-state index contributed by atoms with van der Waals surface area (Å²) in [4.78, 5) is 2.52. The van der Waals surface area contributed by atoms with Crippen molar-refractivity contribution in [1.29, 1.82) is 0 Å². The molecule has 0 saturated carbocycles. The standard InChI is InChI=1S/C13H22N4/c1-16-13-5-3-2-4-11(13)12(15-16)10-17-8-6-14-7-9-17/h14H,2-10H2,1H3. The van der Waals surface area contributed by atoms with Crippen LogP contribution >= 0.6 is 0 Å². The molecule has 0 amide bonds. The Hall–Kier alpha value is -0.870. The van der Waals surface area contributed by atoms with Gasteiger partial charge >= 0.3 is 0 Å². The maximum absolute atomic E-state index is 4.74. The number of piperazine rings is 1. The maximum atomic E-state index is 4.74. The highest BCUT2D eigenvalue weighted by Gasteiger charge is 2.21. The zero-order valence-electron chi connectivity index (χ0n) is 10.7. The molecule has 2 heterocycles. The van der Waals surface area contributed by atoms with Gasteiger partial charge in [-0.3, -0.25) is 9.58 Å². The first-order chi connectivity index (χ1) is 8.34. The van der Waals surface area contributed by atoms with Gasteiger partial charge in [-0.1, -0.05) is 0 Å². The van der Waals surface area contributed by atoms with Crippen molar-refractivity contribution in [3.05, 3.63) is 17.0 Å². The van der Waals surface area contributed by atoms with Crippen molar-refractivity contribution >= 4 is 0 Å². The maximum Gasteiger partial charge on any atom is 0.0799 e. The molecule has 17 heavy (non-hydrogen) atoms. The lowest BCUT2D eigenvalue weighted by Gasteiger charge is -2.26. The van der Waals surface area contributed by atoms with E-state index in [0.29, 0.717) is 0 Å². The number of rotatable bonds is 2. The lowest BCUT2D eigenvalue weighted by molar-refractivity contribution is 0.229. The van der Waals surface area contributed by atoms with Gasteiger partial charge in [0.05, 0.1) is 5.69 Å². The summed E-state index contributed by atoms with van der Waals surface area (Å²) in [5.74, 6) is 0. The fourth-order valence-corrected chi connectivity index (χ4v) is 3.07. The summed E-state index contributed by atoms with van der Waals surface area (Å²) in [5.41, 5.74) is 4.38. The summed E-state index contributed by atoms with van der Waals surface area (Å²) in [6.45, 7) is 5.60. The smallest absolute Gasteiger partial charge is 0.0799 e. The third-order valence-corrected chi connectivity index (χ3v) is 4.03. The number of nitrogens with zero attached hydrogens (tertiary/aromatic N) is 3. The highest BCUT2D eigenvalue weighted by molar-refractivity contribution is 5.28. The average Bonchev–Trinajstić information content (AvgIpc) is 2.69. The second-order valence-corrected chi connectivity index (χ2v) is 5.23. The summed E-state index contributed by atoms with van der Waals surface area (Å²) in [6, 6.07) is 0. The second-order valence-electron chi connectivity index (χ2n) is 5.23. The van der Waals surface area contributed by atoms with Crippen molar-refractivity contribution in [2.45, 2.75) is 32.2 Å². The Morgan fingerprint density at radius 1 is 1.18 bits per heavy atom. The molecule has 2 aliphatic rings. The van der Waals surface area contributed by atoms with Crippen LogP contribution in [0.3, 0.4) is 0 Å². The lowest BCUT2D eigenvalue weighted by Crippen LogP contribution is -2.43. The molecule has 94 valence electrons. The SMILES string of the molecule is Cn1nc(CN2CCNCC2)c2c1CCCC2. The fourth-order valence-electron chi connectivity index (χ4n) is 3.07. The van der Waals surface area contributed by atoms with Crippen molar-refractivity contribution in [3.8, 4) is 0 Å². The average molecular weight is 234 g/mol. The highest BCUT2D eigenvalue weighted by Crippen LogP contribution is 2.24. The molecule has 0 unspecified atom stereocenters. The first kappa shape index (κ1) is 11.2. The molecule has 4 heteroatoms. The number of aryl methyl sites for hydroxylation is 1. The van der Waals surface area contributed by atoms with Gasteiger partial charge < -0.3 is 5.32 Å². The number of aromatic nitrogens is 2. The van der Waals surface area contributed by atoms with Crippen molar-refractivity contribution in [2.24, 2.45) is 7.05 Å². The van der Waals surface area contributed by atoms with Crippen molar-refractivity contribution < 1.29 is 0 Å². The minimum absolute atomic E-state index is 1.05. The Labute approximate surface area is 103 Å². The van der Waals surface area contributed by atoms with Gasteiger partial charge in [0.1, 0.15) is 0 Å². The summed E-state index contributed by atoms with van der Waals surface area (Å²) in [6.07, 6.45) is 5.14. The predicted molar refractivity (Wildman–Crippen MR) is 68.0 cm³/mol. The van der Waals surface area contributed by atoms with Crippen molar-refractivity contribution in [2.75, 3.05) is 26.2 Å². The molecule has 1 aromatic heterocycles. The van der Waals surface area contributed by atoms with Crippen LogP contribution in [-0.4, -0.2) is 40.9 Å². The molecule has 1 aromatic rings. The highest BCUT2D eigenvalue weighted by atomic mass is 15.3. The van der Waals surface area contributed by atoms with Gasteiger partial charge in [0, 0.05) is 45.5 Å². The van der Waals surface area contributed by atoms with Crippen LogP contribution in [-0.2, 0) is 26.4 Å². The van der Waals surface area contributed by atoms with Crippen LogP contribution < -0.4 is 5.32 Å². The number of hydrogen-bond donors (Lipinski definition) is 1. The minimum Gasteiger partial charge on any atom is -0.314 e. The topological polar surface area (TPSA) is 33.1 Å². The molecule has 1 N–H and O–H groups in total. The summed E-state index contributed by atoms with van der Waals surface area (Å²) >= 11 is 0. The minimum atomic E-state index is 1.05. The molecule has 4 nitrogen and oxygen atoms in total. The van der Waals surface area contributed by atoms with Gasteiger partial charge in [0.2, 0.25) is 0 Å². The van der Waals surface area contributed by atoms with E-state index < -0.39 is 0 Å². The van der Waals surface area contributed by atoms with E-state index in [0.717, 1.165) is 32.7 Å². The molecular formula is C13H22N4. The van der Waals surface area contributed by atoms with E-state index in [1.807, 2.05) is 0 Å². The lowest BCUT2D eigenvalue weighted by atomic mass is 9.95. The molecule has 1 saturated heterocycles. The van der Waals surface area contributed by atoms with Crippen molar-refractivity contribution in [1.82, 2.24) is 20.0 Å². The largest absolute Gasteiger partial charge is 0.314 e. The Morgan fingerprint density at radius 2 is 1.94 bits per heavy atom. The number of fused-ring (bicyclic) bond motifs is 1. The quantitative estimate of drug-likeness (QED) is 0.818. The van der Waals surface area contributed by atoms with E-state index in [2.05, 4.69) is 21.9 Å². The zero-order valence-corrected chi connectivity index (χ0v) is 10.7. The van der Waals surface area contributed by atoms with E-state index in [4.69, 9.17) is 5.10 Å². The van der Waals surface area contributed by atoms with E-state index in [-0.39, 0.29) is 0 Å².